The molecule has 1 N–H and O–H groups in total. The molecule has 1 aromatic carbocycles. The summed E-state index contributed by atoms with van der Waals surface area (Å²) in [5.41, 5.74) is 0.972. The highest BCUT2D eigenvalue weighted by molar-refractivity contribution is 5.93. The van der Waals surface area contributed by atoms with Crippen molar-refractivity contribution in [2.45, 2.75) is 13.3 Å². The zero-order valence-corrected chi connectivity index (χ0v) is 13.6. The van der Waals surface area contributed by atoms with Gasteiger partial charge in [0, 0.05) is 24.4 Å². The summed E-state index contributed by atoms with van der Waals surface area (Å²) in [7, 11) is 0. The van der Waals surface area contributed by atoms with Crippen LogP contribution in [0.25, 0.3) is 22.5 Å². The molecule has 126 valence electrons. The minimum atomic E-state index is -0.297. The van der Waals surface area contributed by atoms with Crippen molar-refractivity contribution in [3.05, 3.63) is 65.7 Å². The number of para-hydroxylation sites is 1. The Morgan fingerprint density at radius 2 is 1.96 bits per heavy atom. The van der Waals surface area contributed by atoms with E-state index in [1.165, 1.54) is 0 Å². The third-order valence-electron chi connectivity index (χ3n) is 3.86. The minimum Gasteiger partial charge on any atom is -0.466 e. The molecular formula is C19H16N2O4. The maximum Gasteiger partial charge on any atom is 0.273 e. The second-order valence-corrected chi connectivity index (χ2v) is 5.74. The Balaban J connectivity index is 1.42. The lowest BCUT2D eigenvalue weighted by Gasteiger charge is -2.00. The van der Waals surface area contributed by atoms with Gasteiger partial charge in [-0.15, -0.1) is 0 Å². The number of amides is 1. The maximum absolute atomic E-state index is 12.2. The number of rotatable bonds is 5. The van der Waals surface area contributed by atoms with Gasteiger partial charge < -0.3 is 18.7 Å². The highest BCUT2D eigenvalue weighted by atomic mass is 16.5. The van der Waals surface area contributed by atoms with Gasteiger partial charge in [-0.2, -0.15) is 0 Å². The zero-order valence-electron chi connectivity index (χ0n) is 13.6. The van der Waals surface area contributed by atoms with E-state index < -0.39 is 0 Å². The molecule has 3 aromatic heterocycles. The van der Waals surface area contributed by atoms with E-state index in [1.807, 2.05) is 49.4 Å². The third kappa shape index (κ3) is 3.19. The van der Waals surface area contributed by atoms with Crippen molar-refractivity contribution in [1.82, 2.24) is 10.5 Å². The molecule has 0 unspecified atom stereocenters. The van der Waals surface area contributed by atoms with Crippen LogP contribution in [0.2, 0.25) is 0 Å². The van der Waals surface area contributed by atoms with Crippen molar-refractivity contribution in [1.29, 1.82) is 0 Å². The number of fused-ring (bicyclic) bond motifs is 1. The molecule has 0 aliphatic heterocycles. The average Bonchev–Trinajstić information content (AvgIpc) is 3.33. The lowest BCUT2D eigenvalue weighted by atomic mass is 10.2. The molecule has 6 heteroatoms. The Bertz CT molecular complexity index is 992. The Hall–Kier alpha value is -3.28. The van der Waals surface area contributed by atoms with E-state index in [2.05, 4.69) is 10.5 Å². The standard InChI is InChI=1S/C19H16N2O4/c1-12-6-7-14(23-12)8-9-20-19(22)15-11-18(25-21-15)17-10-13-4-2-3-5-16(13)24-17/h2-7,10-11H,8-9H2,1H3,(H,20,22). The summed E-state index contributed by atoms with van der Waals surface area (Å²) in [6, 6.07) is 14.9. The average molecular weight is 336 g/mol. The van der Waals surface area contributed by atoms with Gasteiger partial charge in [0.2, 0.25) is 5.76 Å². The number of carbonyl (C=O) groups excluding carboxylic acids is 1. The molecule has 0 spiro atoms. The number of carbonyl (C=O) groups is 1. The summed E-state index contributed by atoms with van der Waals surface area (Å²) >= 11 is 0. The van der Waals surface area contributed by atoms with Crippen LogP contribution in [0.4, 0.5) is 0 Å². The number of aromatic nitrogens is 1. The van der Waals surface area contributed by atoms with Gasteiger partial charge in [0.25, 0.3) is 5.91 Å². The van der Waals surface area contributed by atoms with Gasteiger partial charge in [0.1, 0.15) is 17.1 Å². The van der Waals surface area contributed by atoms with E-state index >= 15 is 0 Å². The second-order valence-electron chi connectivity index (χ2n) is 5.74. The summed E-state index contributed by atoms with van der Waals surface area (Å²) in [5.74, 6) is 2.35. The number of aryl methyl sites for hydroxylation is 1. The number of hydrogen-bond acceptors (Lipinski definition) is 5. The van der Waals surface area contributed by atoms with Crippen molar-refractivity contribution in [2.24, 2.45) is 0 Å². The number of furan rings is 2. The minimum absolute atomic E-state index is 0.214. The summed E-state index contributed by atoms with van der Waals surface area (Å²) in [4.78, 5) is 12.2. The fraction of sp³-hybridized carbons (Fsp3) is 0.158. The first-order valence-electron chi connectivity index (χ1n) is 7.98. The predicted molar refractivity (Wildman–Crippen MR) is 91.2 cm³/mol. The molecular weight excluding hydrogens is 320 g/mol. The van der Waals surface area contributed by atoms with Crippen molar-refractivity contribution in [3.63, 3.8) is 0 Å². The van der Waals surface area contributed by atoms with Crippen LogP contribution in [0, 0.1) is 6.92 Å². The van der Waals surface area contributed by atoms with Gasteiger partial charge in [-0.1, -0.05) is 23.4 Å². The smallest absolute Gasteiger partial charge is 0.273 e. The van der Waals surface area contributed by atoms with Gasteiger partial charge in [-0.3, -0.25) is 4.79 Å². The number of nitrogens with zero attached hydrogens (tertiary/aromatic N) is 1. The van der Waals surface area contributed by atoms with Crippen LogP contribution in [0.1, 0.15) is 22.0 Å². The highest BCUT2D eigenvalue weighted by Crippen LogP contribution is 2.28. The second kappa shape index (κ2) is 6.32. The van der Waals surface area contributed by atoms with Crippen molar-refractivity contribution >= 4 is 16.9 Å². The largest absolute Gasteiger partial charge is 0.466 e. The molecule has 3 heterocycles. The molecule has 1 amide bonds. The number of hydrogen-bond donors (Lipinski definition) is 1. The van der Waals surface area contributed by atoms with Gasteiger partial charge in [0.05, 0.1) is 0 Å². The van der Waals surface area contributed by atoms with Crippen LogP contribution in [0.15, 0.2) is 61.9 Å². The van der Waals surface area contributed by atoms with E-state index in [4.69, 9.17) is 13.4 Å². The van der Waals surface area contributed by atoms with Crippen molar-refractivity contribution in [2.75, 3.05) is 6.54 Å². The first kappa shape index (κ1) is 15.3. The predicted octanol–water partition coefficient (Wildman–Crippen LogP) is 3.96. The van der Waals surface area contributed by atoms with Crippen LogP contribution in [0.5, 0.6) is 0 Å². The van der Waals surface area contributed by atoms with Gasteiger partial charge in [-0.05, 0) is 31.2 Å². The molecule has 4 rings (SSSR count). The molecule has 25 heavy (non-hydrogen) atoms. The fourth-order valence-electron chi connectivity index (χ4n) is 2.61. The first-order valence-corrected chi connectivity index (χ1v) is 7.98. The fourth-order valence-corrected chi connectivity index (χ4v) is 2.61. The molecule has 0 atom stereocenters. The van der Waals surface area contributed by atoms with Crippen LogP contribution in [0.3, 0.4) is 0 Å². The molecule has 0 radical (unpaired) electrons. The van der Waals surface area contributed by atoms with E-state index in [1.54, 1.807) is 6.07 Å². The maximum atomic E-state index is 12.2. The summed E-state index contributed by atoms with van der Waals surface area (Å²) in [5, 5.41) is 7.58. The molecule has 4 aromatic rings. The molecule has 0 saturated heterocycles. The third-order valence-corrected chi connectivity index (χ3v) is 3.86. The molecule has 0 fully saturated rings. The Morgan fingerprint density at radius 1 is 1.08 bits per heavy atom. The van der Waals surface area contributed by atoms with E-state index in [-0.39, 0.29) is 11.6 Å². The van der Waals surface area contributed by atoms with Crippen LogP contribution < -0.4 is 5.32 Å². The van der Waals surface area contributed by atoms with E-state index in [0.29, 0.717) is 24.5 Å². The Kier molecular flexibility index (Phi) is 3.85. The zero-order chi connectivity index (χ0) is 17.2. The van der Waals surface area contributed by atoms with Crippen LogP contribution in [-0.4, -0.2) is 17.6 Å². The van der Waals surface area contributed by atoms with Gasteiger partial charge >= 0.3 is 0 Å². The monoisotopic (exact) mass is 336 g/mol. The summed E-state index contributed by atoms with van der Waals surface area (Å²) in [6.45, 7) is 2.34. The normalized spacial score (nSPS) is 11.1. The molecule has 0 saturated carbocycles. The van der Waals surface area contributed by atoms with Crippen LogP contribution in [-0.2, 0) is 6.42 Å². The van der Waals surface area contributed by atoms with Crippen LogP contribution >= 0.6 is 0 Å². The molecule has 0 aliphatic rings. The highest BCUT2D eigenvalue weighted by Gasteiger charge is 2.16. The van der Waals surface area contributed by atoms with E-state index in [0.717, 1.165) is 22.5 Å². The number of nitrogens with one attached hydrogen (secondary N) is 1. The molecule has 0 bridgehead atoms. The lowest BCUT2D eigenvalue weighted by molar-refractivity contribution is 0.0944. The van der Waals surface area contributed by atoms with Gasteiger partial charge in [-0.25, -0.2) is 0 Å². The Morgan fingerprint density at radius 3 is 2.76 bits per heavy atom. The summed E-state index contributed by atoms with van der Waals surface area (Å²) in [6.07, 6.45) is 0.619. The first-order chi connectivity index (χ1) is 12.2. The Labute approximate surface area is 143 Å². The SMILES string of the molecule is Cc1ccc(CCNC(=O)c2cc(-c3cc4ccccc4o3)on2)o1. The topological polar surface area (TPSA) is 81.4 Å². The molecule has 6 nitrogen and oxygen atoms in total. The summed E-state index contributed by atoms with van der Waals surface area (Å²) < 4.78 is 16.4. The van der Waals surface area contributed by atoms with Crippen molar-refractivity contribution < 1.29 is 18.2 Å². The quantitative estimate of drug-likeness (QED) is 0.596. The van der Waals surface area contributed by atoms with E-state index in [9.17, 15) is 4.79 Å². The van der Waals surface area contributed by atoms with Crippen molar-refractivity contribution in [3.8, 4) is 11.5 Å². The lowest BCUT2D eigenvalue weighted by Crippen LogP contribution is -2.25. The van der Waals surface area contributed by atoms with Gasteiger partial charge in [0.15, 0.2) is 11.5 Å². The number of benzene rings is 1. The molecule has 0 aliphatic carbocycles.